The molecule has 0 fully saturated rings. The lowest BCUT2D eigenvalue weighted by Crippen LogP contribution is -2.42. The van der Waals surface area contributed by atoms with E-state index in [1.165, 1.54) is 17.4 Å². The molecule has 0 bridgehead atoms. The fourth-order valence-electron chi connectivity index (χ4n) is 3.40. The first-order chi connectivity index (χ1) is 15.2. The van der Waals surface area contributed by atoms with Crippen molar-refractivity contribution >= 4 is 57.0 Å². The lowest BCUT2D eigenvalue weighted by molar-refractivity contribution is 0.0209. The predicted molar refractivity (Wildman–Crippen MR) is 131 cm³/mol. The molecule has 2 atom stereocenters. The molecule has 0 spiro atoms. The molecule has 180 valence electrons. The second-order valence-corrected chi connectivity index (χ2v) is 11.6. The number of thiophene rings is 1. The third kappa shape index (κ3) is 6.74. The smallest absolute Gasteiger partial charge is 0.444 e. The van der Waals surface area contributed by atoms with Crippen LogP contribution in [-0.2, 0) is 9.47 Å². The van der Waals surface area contributed by atoms with Crippen molar-refractivity contribution in [1.82, 2.24) is 10.3 Å². The highest BCUT2D eigenvalue weighted by molar-refractivity contribution is 7.20. The van der Waals surface area contributed by atoms with Gasteiger partial charge in [-0.2, -0.15) is 0 Å². The number of pyridine rings is 1. The molecule has 0 aliphatic heterocycles. The maximum absolute atomic E-state index is 12.4. The number of fused-ring (bicyclic) bond motifs is 1. The Labute approximate surface area is 207 Å². The van der Waals surface area contributed by atoms with Gasteiger partial charge >= 0.3 is 12.2 Å². The van der Waals surface area contributed by atoms with Gasteiger partial charge in [-0.1, -0.05) is 35.4 Å². The number of hydrogen-bond acceptors (Lipinski definition) is 7. The zero-order valence-electron chi connectivity index (χ0n) is 19.5. The largest absolute Gasteiger partial charge is 0.514 e. The van der Waals surface area contributed by atoms with E-state index in [-0.39, 0.29) is 22.9 Å². The molecule has 0 aromatic carbocycles. The highest BCUT2D eigenvalue weighted by Gasteiger charge is 2.32. The second kappa shape index (κ2) is 9.68. The Balaban J connectivity index is 1.94. The average Bonchev–Trinajstić information content (AvgIpc) is 2.96. The molecule has 10 heteroatoms. The van der Waals surface area contributed by atoms with E-state index in [4.69, 9.17) is 37.4 Å². The van der Waals surface area contributed by atoms with Crippen LogP contribution < -0.4 is 10.1 Å². The van der Waals surface area contributed by atoms with Crippen molar-refractivity contribution in [3.63, 3.8) is 0 Å². The number of aromatic nitrogens is 1. The molecule has 7 nitrogen and oxygen atoms in total. The van der Waals surface area contributed by atoms with Crippen molar-refractivity contribution in [1.29, 1.82) is 0 Å². The highest BCUT2D eigenvalue weighted by Crippen LogP contribution is 2.46. The zero-order chi connectivity index (χ0) is 24.6. The molecule has 2 aromatic rings. The number of alkyl carbamates (subject to hydrolysis) is 1. The van der Waals surface area contributed by atoms with E-state index >= 15 is 0 Å². The maximum Gasteiger partial charge on any atom is 0.514 e. The zero-order valence-corrected chi connectivity index (χ0v) is 21.8. The fourth-order valence-corrected chi connectivity index (χ4v) is 5.29. The summed E-state index contributed by atoms with van der Waals surface area (Å²) in [6.07, 6.45) is 4.04. The summed E-state index contributed by atoms with van der Waals surface area (Å²) in [5, 5.41) is 3.52. The van der Waals surface area contributed by atoms with Gasteiger partial charge in [0.05, 0.1) is 9.72 Å². The topological polar surface area (TPSA) is 86.8 Å². The Kier molecular flexibility index (Phi) is 7.51. The molecule has 0 unspecified atom stereocenters. The molecule has 2 heterocycles. The summed E-state index contributed by atoms with van der Waals surface area (Å²) in [7, 11) is 0. The average molecular weight is 515 g/mol. The number of halogens is 2. The van der Waals surface area contributed by atoms with Gasteiger partial charge < -0.3 is 19.5 Å². The lowest BCUT2D eigenvalue weighted by Gasteiger charge is -2.30. The number of carbonyl (C=O) groups is 2. The van der Waals surface area contributed by atoms with E-state index in [9.17, 15) is 9.59 Å². The van der Waals surface area contributed by atoms with Gasteiger partial charge in [0.15, 0.2) is 5.75 Å². The molecule has 33 heavy (non-hydrogen) atoms. The van der Waals surface area contributed by atoms with Gasteiger partial charge in [0.2, 0.25) is 0 Å². The van der Waals surface area contributed by atoms with Gasteiger partial charge in [-0.25, -0.2) is 14.6 Å². The minimum absolute atomic E-state index is 0.109. The summed E-state index contributed by atoms with van der Waals surface area (Å²) < 4.78 is 16.7. The lowest BCUT2D eigenvalue weighted by atomic mass is 9.88. The summed E-state index contributed by atoms with van der Waals surface area (Å²) >= 11 is 14.3. The first-order valence-corrected chi connectivity index (χ1v) is 12.1. The summed E-state index contributed by atoms with van der Waals surface area (Å²) in [5.74, 6) is 0.114. The van der Waals surface area contributed by atoms with Crippen molar-refractivity contribution in [3.05, 3.63) is 33.3 Å². The molecule has 3 rings (SSSR count). The van der Waals surface area contributed by atoms with Crippen LogP contribution in [0, 0.1) is 0 Å². The minimum Gasteiger partial charge on any atom is -0.444 e. The van der Waals surface area contributed by atoms with Crippen LogP contribution in [0.1, 0.15) is 65.2 Å². The third-order valence-corrected chi connectivity index (χ3v) is 6.61. The van der Waals surface area contributed by atoms with Crippen molar-refractivity contribution in [2.24, 2.45) is 0 Å². The van der Waals surface area contributed by atoms with E-state index in [1.807, 2.05) is 26.8 Å². The van der Waals surface area contributed by atoms with Gasteiger partial charge in [0.1, 0.15) is 21.9 Å². The molecular formula is C23H28Cl2N2O5S. The number of nitrogens with one attached hydrogen (secondary N) is 1. The monoisotopic (exact) mass is 514 g/mol. The molecule has 0 radical (unpaired) electrons. The number of rotatable bonds is 3. The fraction of sp³-hybridized carbons (Fsp3) is 0.522. The Hall–Kier alpha value is -2.03. The summed E-state index contributed by atoms with van der Waals surface area (Å²) in [4.78, 5) is 29.8. The maximum atomic E-state index is 12.4. The van der Waals surface area contributed by atoms with E-state index in [1.54, 1.807) is 20.8 Å². The van der Waals surface area contributed by atoms with Crippen molar-refractivity contribution in [2.75, 3.05) is 0 Å². The first-order valence-electron chi connectivity index (χ1n) is 10.6. The van der Waals surface area contributed by atoms with E-state index in [2.05, 4.69) is 16.4 Å². The molecule has 0 saturated carbocycles. The number of nitrogens with zero attached hydrogens (tertiary/aromatic N) is 1. The SMILES string of the molecule is CC(C)(C)OC(=O)N[C@H]1CC=CC[C@@H]1c1sc2c(OC(=O)OC(C)(C)C)cc(Cl)nc2c1Cl. The molecule has 0 saturated heterocycles. The van der Waals surface area contributed by atoms with Crippen LogP contribution in [0.5, 0.6) is 5.75 Å². The summed E-state index contributed by atoms with van der Waals surface area (Å²) in [6, 6.07) is 1.24. The van der Waals surface area contributed by atoms with Gasteiger partial charge in [-0.3, -0.25) is 0 Å². The molecule has 1 N–H and O–H groups in total. The Bertz CT molecular complexity index is 1090. The number of amides is 1. The minimum atomic E-state index is -0.845. The Morgan fingerprint density at radius 2 is 1.70 bits per heavy atom. The number of ether oxygens (including phenoxy) is 3. The quantitative estimate of drug-likeness (QED) is 0.263. The van der Waals surface area contributed by atoms with Gasteiger partial charge in [0.25, 0.3) is 0 Å². The normalized spacial score (nSPS) is 18.8. The van der Waals surface area contributed by atoms with E-state index < -0.39 is 23.5 Å². The molecule has 2 aromatic heterocycles. The number of carbonyl (C=O) groups excluding carboxylic acids is 2. The van der Waals surface area contributed by atoms with Crippen LogP contribution in [-0.4, -0.2) is 34.5 Å². The van der Waals surface area contributed by atoms with Crippen molar-refractivity contribution in [3.8, 4) is 5.75 Å². The van der Waals surface area contributed by atoms with Crippen molar-refractivity contribution in [2.45, 2.75) is 77.5 Å². The van der Waals surface area contributed by atoms with E-state index in [0.717, 1.165) is 4.88 Å². The molecule has 1 aliphatic carbocycles. The number of hydrogen-bond donors (Lipinski definition) is 1. The Morgan fingerprint density at radius 1 is 1.06 bits per heavy atom. The van der Waals surface area contributed by atoms with Crippen LogP contribution in [0.25, 0.3) is 10.2 Å². The Morgan fingerprint density at radius 3 is 2.33 bits per heavy atom. The third-order valence-electron chi connectivity index (χ3n) is 4.60. The standard InChI is InChI=1S/C23H28Cl2N2O5S/c1-22(2,3)31-20(28)26-13-10-8-7-9-12(13)18-16(25)17-19(33-18)14(11-15(24)27-17)30-21(29)32-23(4,5)6/h7-8,11-13H,9-10H2,1-6H3,(H,26,28)/t12-,13-/m0/s1. The van der Waals surface area contributed by atoms with E-state index in [0.29, 0.717) is 28.1 Å². The molecule has 1 amide bonds. The second-order valence-electron chi connectivity index (χ2n) is 9.77. The van der Waals surface area contributed by atoms with Gasteiger partial charge in [-0.15, -0.1) is 11.3 Å². The van der Waals surface area contributed by atoms with Crippen LogP contribution in [0.2, 0.25) is 10.2 Å². The molecular weight excluding hydrogens is 487 g/mol. The van der Waals surface area contributed by atoms with Crippen LogP contribution >= 0.6 is 34.5 Å². The number of allylic oxidation sites excluding steroid dienone is 1. The molecule has 1 aliphatic rings. The van der Waals surface area contributed by atoms with Crippen LogP contribution in [0.4, 0.5) is 9.59 Å². The van der Waals surface area contributed by atoms with Gasteiger partial charge in [-0.05, 0) is 54.4 Å². The van der Waals surface area contributed by atoms with Crippen LogP contribution in [0.3, 0.4) is 0 Å². The summed E-state index contributed by atoms with van der Waals surface area (Å²) in [6.45, 7) is 10.7. The first kappa shape index (κ1) is 25.6. The van der Waals surface area contributed by atoms with Gasteiger partial charge in [0, 0.05) is 22.9 Å². The summed E-state index contributed by atoms with van der Waals surface area (Å²) in [5.41, 5.74) is -0.873. The highest BCUT2D eigenvalue weighted by atomic mass is 35.5. The van der Waals surface area contributed by atoms with Crippen molar-refractivity contribution < 1.29 is 23.8 Å². The predicted octanol–water partition coefficient (Wildman–Crippen LogP) is 7.24. The van der Waals surface area contributed by atoms with Crippen LogP contribution in [0.15, 0.2) is 18.2 Å².